The van der Waals surface area contributed by atoms with E-state index in [9.17, 15) is 4.79 Å². The van der Waals surface area contributed by atoms with Gasteiger partial charge in [0.05, 0.1) is 7.11 Å². The number of methoxy groups -OCH3 is 1. The van der Waals surface area contributed by atoms with Crippen LogP contribution in [0.25, 0.3) is 0 Å². The molecule has 1 aliphatic rings. The number of aromatic nitrogens is 2. The second kappa shape index (κ2) is 5.77. The molecule has 5 nitrogen and oxygen atoms in total. The minimum absolute atomic E-state index is 0.271. The van der Waals surface area contributed by atoms with E-state index in [2.05, 4.69) is 28.7 Å². The molecular weight excluding hydrogens is 262 g/mol. The van der Waals surface area contributed by atoms with Crippen molar-refractivity contribution in [3.05, 3.63) is 18.1 Å². The number of anilines is 1. The van der Waals surface area contributed by atoms with Crippen molar-refractivity contribution in [2.24, 2.45) is 0 Å². The Hall–Kier alpha value is -1.30. The zero-order valence-electron chi connectivity index (χ0n) is 11.5. The predicted octanol–water partition coefficient (Wildman–Crippen LogP) is 1.99. The second-order valence-corrected chi connectivity index (χ2v) is 6.90. The Bertz CT molecular complexity index is 465. The highest BCUT2D eigenvalue weighted by Crippen LogP contribution is 2.32. The van der Waals surface area contributed by atoms with Crippen LogP contribution in [-0.4, -0.2) is 46.6 Å². The summed E-state index contributed by atoms with van der Waals surface area (Å²) in [5.74, 6) is 1.32. The molecule has 6 heteroatoms. The van der Waals surface area contributed by atoms with Crippen LogP contribution in [0.4, 0.5) is 5.82 Å². The molecule has 1 fully saturated rings. The lowest BCUT2D eigenvalue weighted by Gasteiger charge is -2.24. The van der Waals surface area contributed by atoms with Gasteiger partial charge in [0.1, 0.15) is 17.7 Å². The maximum atomic E-state index is 11.8. The molecule has 1 saturated heterocycles. The van der Waals surface area contributed by atoms with Crippen LogP contribution in [0.15, 0.2) is 12.5 Å². The number of ether oxygens (including phenoxy) is 1. The SMILES string of the molecule is COC(=O)c1cncnc1N1CCSC(C)(C)CC1. The van der Waals surface area contributed by atoms with Gasteiger partial charge in [0.25, 0.3) is 0 Å². The average Bonchev–Trinajstić information content (AvgIpc) is 2.59. The van der Waals surface area contributed by atoms with E-state index in [4.69, 9.17) is 4.74 Å². The maximum absolute atomic E-state index is 11.8. The molecule has 19 heavy (non-hydrogen) atoms. The molecule has 0 bridgehead atoms. The minimum Gasteiger partial charge on any atom is -0.465 e. The summed E-state index contributed by atoms with van der Waals surface area (Å²) >= 11 is 1.96. The van der Waals surface area contributed by atoms with Crippen LogP contribution in [0.3, 0.4) is 0 Å². The first kappa shape index (κ1) is 14.1. The first-order valence-electron chi connectivity index (χ1n) is 6.31. The molecule has 0 spiro atoms. The largest absolute Gasteiger partial charge is 0.465 e. The van der Waals surface area contributed by atoms with Crippen LogP contribution in [0.1, 0.15) is 30.6 Å². The van der Waals surface area contributed by atoms with E-state index in [1.165, 1.54) is 19.6 Å². The molecule has 0 N–H and O–H groups in total. The summed E-state index contributed by atoms with van der Waals surface area (Å²) in [6.45, 7) is 6.28. The fourth-order valence-electron chi connectivity index (χ4n) is 2.06. The van der Waals surface area contributed by atoms with E-state index in [1.807, 2.05) is 11.8 Å². The standard InChI is InChI=1S/C13H19N3O2S/c1-13(2)4-5-16(6-7-19-13)11-10(12(17)18-3)8-14-9-15-11/h8-9H,4-7H2,1-3H3. The van der Waals surface area contributed by atoms with Crippen molar-refractivity contribution < 1.29 is 9.53 Å². The Morgan fingerprint density at radius 1 is 1.47 bits per heavy atom. The number of esters is 1. The summed E-state index contributed by atoms with van der Waals surface area (Å²) in [6.07, 6.45) is 4.06. The number of thioether (sulfide) groups is 1. The van der Waals surface area contributed by atoms with Crippen molar-refractivity contribution >= 4 is 23.5 Å². The van der Waals surface area contributed by atoms with Gasteiger partial charge in [0.15, 0.2) is 0 Å². The summed E-state index contributed by atoms with van der Waals surface area (Å²) in [6, 6.07) is 0. The van der Waals surface area contributed by atoms with Crippen molar-refractivity contribution in [1.82, 2.24) is 9.97 Å². The van der Waals surface area contributed by atoms with Crippen molar-refractivity contribution in [3.8, 4) is 0 Å². The van der Waals surface area contributed by atoms with Gasteiger partial charge in [-0.3, -0.25) is 0 Å². The van der Waals surface area contributed by atoms with Crippen LogP contribution in [-0.2, 0) is 4.74 Å². The molecular formula is C13H19N3O2S. The van der Waals surface area contributed by atoms with Gasteiger partial charge in [-0.25, -0.2) is 14.8 Å². The lowest BCUT2D eigenvalue weighted by atomic mass is 10.1. The van der Waals surface area contributed by atoms with E-state index < -0.39 is 0 Å². The topological polar surface area (TPSA) is 55.3 Å². The number of rotatable bonds is 2. The highest BCUT2D eigenvalue weighted by Gasteiger charge is 2.26. The van der Waals surface area contributed by atoms with Gasteiger partial charge >= 0.3 is 5.97 Å². The van der Waals surface area contributed by atoms with E-state index in [-0.39, 0.29) is 10.7 Å². The molecule has 104 valence electrons. The summed E-state index contributed by atoms with van der Waals surface area (Å²) in [5.41, 5.74) is 0.440. The molecule has 0 aromatic carbocycles. The zero-order valence-corrected chi connectivity index (χ0v) is 12.4. The number of hydrogen-bond donors (Lipinski definition) is 0. The lowest BCUT2D eigenvalue weighted by Crippen LogP contribution is -2.29. The van der Waals surface area contributed by atoms with Crippen LogP contribution in [0.2, 0.25) is 0 Å². The second-order valence-electron chi connectivity index (χ2n) is 5.10. The van der Waals surface area contributed by atoms with Gasteiger partial charge in [-0.1, -0.05) is 13.8 Å². The Labute approximate surface area is 117 Å². The molecule has 0 amide bonds. The van der Waals surface area contributed by atoms with Gasteiger partial charge in [-0.2, -0.15) is 11.8 Å². The highest BCUT2D eigenvalue weighted by atomic mass is 32.2. The molecule has 0 saturated carbocycles. The monoisotopic (exact) mass is 281 g/mol. The molecule has 1 aromatic rings. The molecule has 0 atom stereocenters. The van der Waals surface area contributed by atoms with Crippen LogP contribution in [0, 0.1) is 0 Å². The lowest BCUT2D eigenvalue weighted by molar-refractivity contribution is 0.0600. The first-order chi connectivity index (χ1) is 9.03. The minimum atomic E-state index is -0.383. The third-order valence-corrected chi connectivity index (χ3v) is 4.61. The molecule has 1 aliphatic heterocycles. The average molecular weight is 281 g/mol. The Morgan fingerprint density at radius 2 is 2.26 bits per heavy atom. The van der Waals surface area contributed by atoms with E-state index in [0.717, 1.165) is 25.3 Å². The Kier molecular flexibility index (Phi) is 4.29. The van der Waals surface area contributed by atoms with Crippen molar-refractivity contribution in [2.75, 3.05) is 30.9 Å². The first-order valence-corrected chi connectivity index (χ1v) is 7.29. The van der Waals surface area contributed by atoms with Gasteiger partial charge in [0.2, 0.25) is 0 Å². The number of hydrogen-bond acceptors (Lipinski definition) is 6. The summed E-state index contributed by atoms with van der Waals surface area (Å²) < 4.78 is 5.06. The fourth-order valence-corrected chi connectivity index (χ4v) is 3.16. The third-order valence-electron chi connectivity index (χ3n) is 3.23. The van der Waals surface area contributed by atoms with E-state index >= 15 is 0 Å². The smallest absolute Gasteiger partial charge is 0.343 e. The van der Waals surface area contributed by atoms with Gasteiger partial charge < -0.3 is 9.64 Å². The predicted molar refractivity (Wildman–Crippen MR) is 76.7 cm³/mol. The summed E-state index contributed by atoms with van der Waals surface area (Å²) in [4.78, 5) is 22.1. The Balaban J connectivity index is 2.24. The molecule has 2 heterocycles. The summed E-state index contributed by atoms with van der Waals surface area (Å²) in [5, 5.41) is 0. The number of nitrogens with zero attached hydrogens (tertiary/aromatic N) is 3. The van der Waals surface area contributed by atoms with Gasteiger partial charge in [-0.15, -0.1) is 0 Å². The van der Waals surface area contributed by atoms with Crippen LogP contribution < -0.4 is 4.90 Å². The van der Waals surface area contributed by atoms with E-state index in [0.29, 0.717) is 11.4 Å². The van der Waals surface area contributed by atoms with Gasteiger partial charge in [-0.05, 0) is 6.42 Å². The molecule has 1 aromatic heterocycles. The summed E-state index contributed by atoms with van der Waals surface area (Å²) in [7, 11) is 1.38. The number of carbonyl (C=O) groups is 1. The maximum Gasteiger partial charge on any atom is 0.343 e. The third kappa shape index (κ3) is 3.37. The van der Waals surface area contributed by atoms with Crippen LogP contribution >= 0.6 is 11.8 Å². The van der Waals surface area contributed by atoms with Crippen molar-refractivity contribution in [1.29, 1.82) is 0 Å². The normalized spacial score (nSPS) is 18.8. The van der Waals surface area contributed by atoms with Crippen LogP contribution in [0.5, 0.6) is 0 Å². The molecule has 2 rings (SSSR count). The van der Waals surface area contributed by atoms with Crippen molar-refractivity contribution in [2.45, 2.75) is 25.0 Å². The number of carbonyl (C=O) groups excluding carboxylic acids is 1. The fraction of sp³-hybridized carbons (Fsp3) is 0.615. The molecule has 0 unspecified atom stereocenters. The highest BCUT2D eigenvalue weighted by molar-refractivity contribution is 8.00. The van der Waals surface area contributed by atoms with Crippen molar-refractivity contribution in [3.63, 3.8) is 0 Å². The van der Waals surface area contributed by atoms with Gasteiger partial charge in [0, 0.05) is 29.8 Å². The Morgan fingerprint density at radius 3 is 3.00 bits per heavy atom. The molecule has 0 aliphatic carbocycles. The quantitative estimate of drug-likeness (QED) is 0.773. The molecule has 0 radical (unpaired) electrons. The van der Waals surface area contributed by atoms with E-state index in [1.54, 1.807) is 0 Å². The zero-order chi connectivity index (χ0) is 13.9.